The average molecular weight is 179 g/mol. The zero-order valence-electron chi connectivity index (χ0n) is 7.90. The first-order chi connectivity index (χ1) is 6.36. The number of rotatable bonds is 1. The summed E-state index contributed by atoms with van der Waals surface area (Å²) in [6.07, 6.45) is 6.70. The van der Waals surface area contributed by atoms with E-state index in [-0.39, 0.29) is 0 Å². The minimum atomic E-state index is 0.540. The Morgan fingerprint density at radius 2 is 2.23 bits per heavy atom. The highest BCUT2D eigenvalue weighted by atomic mass is 15.4. The lowest BCUT2D eigenvalue weighted by atomic mass is 9.86. The van der Waals surface area contributed by atoms with E-state index < -0.39 is 0 Å². The maximum Gasteiger partial charge on any atom is 0.244 e. The molecule has 71 valence electrons. The summed E-state index contributed by atoms with van der Waals surface area (Å²) in [6.45, 7) is 2.28. The third kappa shape index (κ3) is 1.99. The van der Waals surface area contributed by atoms with Gasteiger partial charge in [-0.05, 0) is 18.8 Å². The zero-order valence-corrected chi connectivity index (χ0v) is 7.90. The molecule has 0 amide bonds. The number of nitrogens with one attached hydrogen (secondary N) is 1. The predicted octanol–water partition coefficient (Wildman–Crippen LogP) is 1.07. The SMILES string of the molecule is CC1CCCCC1NC1=NN=C[N]1. The molecule has 0 aromatic rings. The Labute approximate surface area is 78.5 Å². The molecule has 1 saturated carbocycles. The van der Waals surface area contributed by atoms with Crippen LogP contribution < -0.4 is 10.6 Å². The van der Waals surface area contributed by atoms with Crippen LogP contribution in [0.1, 0.15) is 32.6 Å². The van der Waals surface area contributed by atoms with E-state index in [2.05, 4.69) is 27.8 Å². The summed E-state index contributed by atoms with van der Waals surface area (Å²) in [6, 6.07) is 0.540. The number of hydrogen-bond acceptors (Lipinski definition) is 3. The molecule has 1 aliphatic heterocycles. The third-order valence-corrected chi connectivity index (χ3v) is 2.81. The summed E-state index contributed by atoms with van der Waals surface area (Å²) < 4.78 is 0. The lowest BCUT2D eigenvalue weighted by molar-refractivity contribution is 0.307. The van der Waals surface area contributed by atoms with Crippen LogP contribution in [0.4, 0.5) is 0 Å². The van der Waals surface area contributed by atoms with E-state index in [9.17, 15) is 0 Å². The topological polar surface area (TPSA) is 50.9 Å². The number of guanidine groups is 1. The van der Waals surface area contributed by atoms with Gasteiger partial charge in [-0.2, -0.15) is 5.32 Å². The van der Waals surface area contributed by atoms with Gasteiger partial charge in [0.25, 0.3) is 0 Å². The van der Waals surface area contributed by atoms with E-state index in [0.29, 0.717) is 12.0 Å². The Kier molecular flexibility index (Phi) is 2.47. The van der Waals surface area contributed by atoms with Crippen molar-refractivity contribution in [1.82, 2.24) is 10.6 Å². The predicted molar refractivity (Wildman–Crippen MR) is 52.6 cm³/mol. The van der Waals surface area contributed by atoms with Crippen molar-refractivity contribution in [3.05, 3.63) is 0 Å². The van der Waals surface area contributed by atoms with Crippen LogP contribution >= 0.6 is 0 Å². The summed E-state index contributed by atoms with van der Waals surface area (Å²) in [5.41, 5.74) is 0. The van der Waals surface area contributed by atoms with Crippen LogP contribution in [0.25, 0.3) is 0 Å². The molecule has 2 atom stereocenters. The van der Waals surface area contributed by atoms with E-state index in [1.165, 1.54) is 32.0 Å². The van der Waals surface area contributed by atoms with Gasteiger partial charge in [-0.1, -0.05) is 19.8 Å². The number of hydrogen-bond donors (Lipinski definition) is 1. The van der Waals surface area contributed by atoms with Crippen molar-refractivity contribution in [2.24, 2.45) is 16.1 Å². The van der Waals surface area contributed by atoms with Gasteiger partial charge in [0.15, 0.2) is 0 Å². The van der Waals surface area contributed by atoms with Crippen molar-refractivity contribution < 1.29 is 0 Å². The van der Waals surface area contributed by atoms with Crippen molar-refractivity contribution in [3.8, 4) is 0 Å². The van der Waals surface area contributed by atoms with E-state index >= 15 is 0 Å². The molecular formula is C9H15N4. The summed E-state index contributed by atoms with van der Waals surface area (Å²) in [7, 11) is 0. The fourth-order valence-electron chi connectivity index (χ4n) is 1.95. The van der Waals surface area contributed by atoms with Crippen molar-refractivity contribution in [2.45, 2.75) is 38.6 Å². The first-order valence-corrected chi connectivity index (χ1v) is 4.93. The van der Waals surface area contributed by atoms with Gasteiger partial charge in [0.1, 0.15) is 6.34 Å². The molecule has 2 aliphatic rings. The summed E-state index contributed by atoms with van der Waals surface area (Å²) in [5.74, 6) is 1.41. The van der Waals surface area contributed by atoms with E-state index in [1.54, 1.807) is 0 Å². The van der Waals surface area contributed by atoms with Crippen LogP contribution in [0, 0.1) is 5.92 Å². The summed E-state index contributed by atoms with van der Waals surface area (Å²) in [4.78, 5) is 0. The van der Waals surface area contributed by atoms with E-state index in [4.69, 9.17) is 0 Å². The van der Waals surface area contributed by atoms with Crippen molar-refractivity contribution in [1.29, 1.82) is 0 Å². The largest absolute Gasteiger partial charge is 0.350 e. The van der Waals surface area contributed by atoms with Crippen LogP contribution in [-0.4, -0.2) is 18.3 Å². The van der Waals surface area contributed by atoms with Crippen molar-refractivity contribution in [2.75, 3.05) is 0 Å². The van der Waals surface area contributed by atoms with Gasteiger partial charge in [-0.15, -0.1) is 10.2 Å². The molecule has 1 N–H and O–H groups in total. The molecule has 4 nitrogen and oxygen atoms in total. The highest BCUT2D eigenvalue weighted by Crippen LogP contribution is 2.23. The molecule has 1 fully saturated rings. The second-order valence-corrected chi connectivity index (χ2v) is 3.80. The lowest BCUT2D eigenvalue weighted by Crippen LogP contribution is -2.43. The molecule has 0 bridgehead atoms. The molecule has 1 heterocycles. The van der Waals surface area contributed by atoms with Gasteiger partial charge in [-0.3, -0.25) is 0 Å². The quantitative estimate of drug-likeness (QED) is 0.643. The molecule has 13 heavy (non-hydrogen) atoms. The normalized spacial score (nSPS) is 32.5. The van der Waals surface area contributed by atoms with Crippen molar-refractivity contribution in [3.63, 3.8) is 0 Å². The Morgan fingerprint density at radius 3 is 2.92 bits per heavy atom. The minimum absolute atomic E-state index is 0.540. The molecule has 1 aliphatic carbocycles. The van der Waals surface area contributed by atoms with Gasteiger partial charge in [0.2, 0.25) is 5.96 Å². The highest BCUT2D eigenvalue weighted by molar-refractivity contribution is 5.92. The van der Waals surface area contributed by atoms with Gasteiger partial charge in [-0.25, -0.2) is 0 Å². The van der Waals surface area contributed by atoms with Crippen LogP contribution in [0.5, 0.6) is 0 Å². The first-order valence-electron chi connectivity index (χ1n) is 4.93. The Hall–Kier alpha value is -1.06. The highest BCUT2D eigenvalue weighted by Gasteiger charge is 2.22. The Bertz CT molecular complexity index is 234. The molecule has 0 saturated heterocycles. The van der Waals surface area contributed by atoms with E-state index in [0.717, 1.165) is 5.92 Å². The monoisotopic (exact) mass is 179 g/mol. The first kappa shape index (κ1) is 8.53. The second-order valence-electron chi connectivity index (χ2n) is 3.80. The molecule has 2 unspecified atom stereocenters. The minimum Gasteiger partial charge on any atom is -0.350 e. The van der Waals surface area contributed by atoms with Crippen molar-refractivity contribution >= 4 is 12.3 Å². The fraction of sp³-hybridized carbons (Fsp3) is 0.778. The molecule has 0 spiro atoms. The molecule has 1 radical (unpaired) electrons. The van der Waals surface area contributed by atoms with Gasteiger partial charge < -0.3 is 5.32 Å². The second kappa shape index (κ2) is 3.77. The smallest absolute Gasteiger partial charge is 0.244 e. The number of nitrogens with zero attached hydrogens (tertiary/aromatic N) is 3. The maximum absolute atomic E-state index is 4.01. The lowest BCUT2D eigenvalue weighted by Gasteiger charge is -2.29. The standard InChI is InChI=1S/C9H15N4/c1-7-4-2-3-5-8(7)12-9-10-6-11-13-9/h6-8H,2-5H2,1H3,(H,12,13). The van der Waals surface area contributed by atoms with Crippen LogP contribution in [0.2, 0.25) is 0 Å². The molecule has 0 aromatic heterocycles. The van der Waals surface area contributed by atoms with Crippen LogP contribution in [0.3, 0.4) is 0 Å². The molecule has 0 aromatic carbocycles. The summed E-state index contributed by atoms with van der Waals surface area (Å²) >= 11 is 0. The average Bonchev–Trinajstić information content (AvgIpc) is 2.61. The van der Waals surface area contributed by atoms with Gasteiger partial charge in [0.05, 0.1) is 0 Å². The zero-order chi connectivity index (χ0) is 9.10. The third-order valence-electron chi connectivity index (χ3n) is 2.81. The van der Waals surface area contributed by atoms with Gasteiger partial charge in [0, 0.05) is 6.04 Å². The Balaban J connectivity index is 1.85. The van der Waals surface area contributed by atoms with Crippen LogP contribution in [0.15, 0.2) is 10.2 Å². The molecule has 2 rings (SSSR count). The van der Waals surface area contributed by atoms with Gasteiger partial charge >= 0.3 is 0 Å². The maximum atomic E-state index is 4.01. The van der Waals surface area contributed by atoms with Crippen LogP contribution in [-0.2, 0) is 0 Å². The fourth-order valence-corrected chi connectivity index (χ4v) is 1.95. The molecule has 4 heteroatoms. The molecular weight excluding hydrogens is 164 g/mol. The summed E-state index contributed by atoms with van der Waals surface area (Å²) in [5, 5.41) is 14.9. The van der Waals surface area contributed by atoms with E-state index in [1.807, 2.05) is 0 Å². The Morgan fingerprint density at radius 1 is 1.38 bits per heavy atom.